The molecule has 0 saturated heterocycles. The first-order valence-corrected chi connectivity index (χ1v) is 8.48. The fourth-order valence-corrected chi connectivity index (χ4v) is 2.95. The van der Waals surface area contributed by atoms with Crippen LogP contribution in [-0.4, -0.2) is 27.6 Å². The number of nitrogens with one attached hydrogen (secondary N) is 1. The quantitative estimate of drug-likeness (QED) is 0.400. The number of nitro benzene ring substituents is 1. The average Bonchev–Trinajstić information content (AvgIpc) is 3.11. The molecule has 3 aromatic rings. The summed E-state index contributed by atoms with van der Waals surface area (Å²) in [5.41, 5.74) is 0.797. The summed E-state index contributed by atoms with van der Waals surface area (Å²) in [6, 6.07) is 9.91. The number of benzene rings is 2. The second-order valence-corrected chi connectivity index (χ2v) is 6.07. The normalized spacial score (nSPS) is 13.2. The van der Waals surface area contributed by atoms with Crippen molar-refractivity contribution in [1.29, 1.82) is 0 Å². The molecule has 2 aromatic carbocycles. The van der Waals surface area contributed by atoms with Crippen LogP contribution in [0.5, 0.6) is 0 Å². The third-order valence-electron chi connectivity index (χ3n) is 4.26. The number of aromatic nitrogens is 1. The Hall–Kier alpha value is -3.81. The molecule has 0 amide bonds. The van der Waals surface area contributed by atoms with Crippen LogP contribution in [0.4, 0.5) is 5.69 Å². The maximum absolute atomic E-state index is 13.1. The van der Waals surface area contributed by atoms with Crippen molar-refractivity contribution in [3.8, 4) is 0 Å². The van der Waals surface area contributed by atoms with E-state index in [4.69, 9.17) is 4.74 Å². The maximum Gasteiger partial charge on any atom is 0.354 e. The topological polar surface area (TPSA) is 129 Å². The molecule has 3 rings (SSSR count). The summed E-state index contributed by atoms with van der Waals surface area (Å²) < 4.78 is 4.98. The molecule has 28 heavy (non-hydrogen) atoms. The SMILES string of the molecule is CCOC(=O)c1cc2c(=C([O-])c3ccc([N+](=O)[O-])cc3)c(=C(C)O)ccc2[nH]1. The molecule has 144 valence electrons. The second kappa shape index (κ2) is 7.43. The molecule has 0 radical (unpaired) electrons. The predicted molar refractivity (Wildman–Crippen MR) is 101 cm³/mol. The monoisotopic (exact) mass is 381 g/mol. The van der Waals surface area contributed by atoms with E-state index >= 15 is 0 Å². The van der Waals surface area contributed by atoms with Crippen molar-refractivity contribution < 1.29 is 24.7 Å². The van der Waals surface area contributed by atoms with Crippen LogP contribution >= 0.6 is 0 Å². The lowest BCUT2D eigenvalue weighted by molar-refractivity contribution is -0.384. The zero-order chi connectivity index (χ0) is 20.4. The van der Waals surface area contributed by atoms with Crippen molar-refractivity contribution in [2.24, 2.45) is 0 Å². The highest BCUT2D eigenvalue weighted by Gasteiger charge is 2.12. The summed E-state index contributed by atoms with van der Waals surface area (Å²) in [6.07, 6.45) is 0. The molecule has 0 aliphatic heterocycles. The second-order valence-electron chi connectivity index (χ2n) is 6.07. The Balaban J connectivity index is 2.34. The van der Waals surface area contributed by atoms with E-state index in [-0.39, 0.29) is 34.5 Å². The highest BCUT2D eigenvalue weighted by Crippen LogP contribution is 2.16. The van der Waals surface area contributed by atoms with Crippen LogP contribution in [0, 0.1) is 10.1 Å². The molecule has 0 spiro atoms. The smallest absolute Gasteiger partial charge is 0.354 e. The molecule has 2 N–H and O–H groups in total. The molecule has 0 unspecified atom stereocenters. The molecule has 0 saturated carbocycles. The van der Waals surface area contributed by atoms with Crippen LogP contribution in [0.15, 0.2) is 42.5 Å². The lowest BCUT2D eigenvalue weighted by Gasteiger charge is -2.14. The van der Waals surface area contributed by atoms with Gasteiger partial charge in [0, 0.05) is 28.3 Å². The number of rotatable bonds is 4. The first-order chi connectivity index (χ1) is 13.3. The zero-order valence-electron chi connectivity index (χ0n) is 15.2. The standard InChI is InChI=1S/C20H18N2O6/c1-3-28-20(25)17-10-15-16(21-17)9-8-14(11(2)23)18(15)19(24)12-4-6-13(7-5-12)22(26)27/h4-10,21,23-24H,3H2,1-2H3/p-1. The van der Waals surface area contributed by atoms with Gasteiger partial charge in [-0.25, -0.2) is 4.79 Å². The fourth-order valence-electron chi connectivity index (χ4n) is 2.95. The van der Waals surface area contributed by atoms with Crippen LogP contribution < -0.4 is 15.5 Å². The summed E-state index contributed by atoms with van der Waals surface area (Å²) in [7, 11) is 0. The number of hydrogen-bond donors (Lipinski definition) is 2. The van der Waals surface area contributed by atoms with Gasteiger partial charge in [0.15, 0.2) is 0 Å². The van der Waals surface area contributed by atoms with Crippen molar-refractivity contribution in [2.45, 2.75) is 13.8 Å². The number of aliphatic hydroxyl groups is 1. The van der Waals surface area contributed by atoms with Gasteiger partial charge in [-0.05, 0) is 55.0 Å². The molecule has 0 fully saturated rings. The number of hydrogen-bond acceptors (Lipinski definition) is 6. The van der Waals surface area contributed by atoms with E-state index in [2.05, 4.69) is 4.98 Å². The van der Waals surface area contributed by atoms with Gasteiger partial charge in [-0.3, -0.25) is 10.1 Å². The van der Waals surface area contributed by atoms with Gasteiger partial charge in [0.1, 0.15) is 5.69 Å². The lowest BCUT2D eigenvalue weighted by atomic mass is 10.1. The van der Waals surface area contributed by atoms with Gasteiger partial charge in [0.05, 0.1) is 17.3 Å². The number of esters is 1. The Morgan fingerprint density at radius 3 is 2.46 bits per heavy atom. The number of carbonyl (C=O) groups is 1. The van der Waals surface area contributed by atoms with E-state index in [0.717, 1.165) is 0 Å². The number of aromatic amines is 1. The number of carbonyl (C=O) groups excluding carboxylic acids is 1. The number of nitro groups is 1. The van der Waals surface area contributed by atoms with Crippen molar-refractivity contribution >= 4 is 34.1 Å². The first kappa shape index (κ1) is 19.0. The van der Waals surface area contributed by atoms with Gasteiger partial charge in [0.2, 0.25) is 0 Å². The van der Waals surface area contributed by atoms with E-state index in [1.165, 1.54) is 37.3 Å². The van der Waals surface area contributed by atoms with E-state index in [1.807, 2.05) is 0 Å². The number of aliphatic hydroxyl groups excluding tert-OH is 1. The fraction of sp³-hybridized carbons (Fsp3) is 0.150. The number of nitrogens with zero attached hydrogens (tertiary/aromatic N) is 1. The van der Waals surface area contributed by atoms with Crippen LogP contribution in [0.25, 0.3) is 22.4 Å². The van der Waals surface area contributed by atoms with E-state index in [9.17, 15) is 25.1 Å². The van der Waals surface area contributed by atoms with Gasteiger partial charge in [0.25, 0.3) is 5.69 Å². The molecule has 0 atom stereocenters. The van der Waals surface area contributed by atoms with E-state index in [1.54, 1.807) is 19.1 Å². The molecule has 1 heterocycles. The molecule has 0 aliphatic rings. The van der Waals surface area contributed by atoms with Gasteiger partial charge in [-0.15, -0.1) is 0 Å². The first-order valence-electron chi connectivity index (χ1n) is 8.48. The van der Waals surface area contributed by atoms with Crippen molar-refractivity contribution in [3.05, 3.63) is 74.3 Å². The summed E-state index contributed by atoms with van der Waals surface area (Å²) in [4.78, 5) is 25.2. The molecule has 0 bridgehead atoms. The minimum atomic E-state index is -0.557. The Morgan fingerprint density at radius 2 is 1.89 bits per heavy atom. The number of H-pyrrole nitrogens is 1. The number of ether oxygens (including phenoxy) is 1. The van der Waals surface area contributed by atoms with Gasteiger partial charge in [-0.1, -0.05) is 5.76 Å². The zero-order valence-corrected chi connectivity index (χ0v) is 15.2. The van der Waals surface area contributed by atoms with Gasteiger partial charge >= 0.3 is 5.97 Å². The van der Waals surface area contributed by atoms with Crippen molar-refractivity contribution in [3.63, 3.8) is 0 Å². The number of non-ortho nitro benzene ring substituents is 1. The van der Waals surface area contributed by atoms with Crippen LogP contribution in [0.2, 0.25) is 0 Å². The van der Waals surface area contributed by atoms with Crippen LogP contribution in [0.3, 0.4) is 0 Å². The molecule has 1 aromatic heterocycles. The molecule has 8 heteroatoms. The molecular formula is C20H17N2O6-. The summed E-state index contributed by atoms with van der Waals surface area (Å²) in [5, 5.41) is 35.0. The van der Waals surface area contributed by atoms with E-state index < -0.39 is 16.7 Å². The Labute approximate surface area is 159 Å². The minimum Gasteiger partial charge on any atom is -0.872 e. The Bertz CT molecular complexity index is 1190. The van der Waals surface area contributed by atoms with Crippen molar-refractivity contribution in [2.75, 3.05) is 6.61 Å². The van der Waals surface area contributed by atoms with Crippen LogP contribution in [0.1, 0.15) is 29.9 Å². The van der Waals surface area contributed by atoms with Gasteiger partial charge in [-0.2, -0.15) is 0 Å². The third-order valence-corrected chi connectivity index (χ3v) is 4.26. The summed E-state index contributed by atoms with van der Waals surface area (Å²) in [5.74, 6) is -1.05. The van der Waals surface area contributed by atoms with Crippen LogP contribution in [-0.2, 0) is 4.74 Å². The third kappa shape index (κ3) is 3.39. The largest absolute Gasteiger partial charge is 0.872 e. The Morgan fingerprint density at radius 1 is 1.21 bits per heavy atom. The van der Waals surface area contributed by atoms with Gasteiger partial charge < -0.3 is 19.9 Å². The predicted octanol–water partition coefficient (Wildman–Crippen LogP) is 1.46. The summed E-state index contributed by atoms with van der Waals surface area (Å²) >= 11 is 0. The highest BCUT2D eigenvalue weighted by atomic mass is 16.6. The molecule has 8 nitrogen and oxygen atoms in total. The number of fused-ring (bicyclic) bond motifs is 1. The maximum atomic E-state index is 13.1. The molecule has 0 aliphatic carbocycles. The van der Waals surface area contributed by atoms with Crippen molar-refractivity contribution in [1.82, 2.24) is 4.98 Å². The lowest BCUT2D eigenvalue weighted by Crippen LogP contribution is -2.33. The average molecular weight is 381 g/mol. The highest BCUT2D eigenvalue weighted by molar-refractivity contribution is 5.95. The molecular weight excluding hydrogens is 364 g/mol. The van der Waals surface area contributed by atoms with E-state index in [0.29, 0.717) is 16.1 Å². The minimum absolute atomic E-state index is 0.0638. The summed E-state index contributed by atoms with van der Waals surface area (Å²) in [6.45, 7) is 3.34. The Kier molecular flexibility index (Phi) is 5.04.